The van der Waals surface area contributed by atoms with E-state index < -0.39 is 0 Å². The van der Waals surface area contributed by atoms with E-state index in [-0.39, 0.29) is 5.60 Å². The highest BCUT2D eigenvalue weighted by atomic mass is 16.5. The third-order valence-electron chi connectivity index (χ3n) is 3.97. The van der Waals surface area contributed by atoms with Crippen molar-refractivity contribution in [2.24, 2.45) is 0 Å². The highest BCUT2D eigenvalue weighted by molar-refractivity contribution is 5.39. The zero-order chi connectivity index (χ0) is 12.4. The molecule has 0 bridgehead atoms. The zero-order valence-electron chi connectivity index (χ0n) is 10.8. The van der Waals surface area contributed by atoms with Crippen LogP contribution in [0.3, 0.4) is 0 Å². The minimum Gasteiger partial charge on any atom is -0.373 e. The summed E-state index contributed by atoms with van der Waals surface area (Å²) in [6.45, 7) is 0.771. The molecule has 2 aliphatic rings. The SMILES string of the molecule is CNc1ccnc(N[C@H]2COC3(CCCC3)C2)n1. The highest BCUT2D eigenvalue weighted by Crippen LogP contribution is 2.41. The topological polar surface area (TPSA) is 59.1 Å². The lowest BCUT2D eigenvalue weighted by molar-refractivity contribution is 0.0103. The van der Waals surface area contributed by atoms with Gasteiger partial charge in [-0.1, -0.05) is 12.8 Å². The molecule has 2 fully saturated rings. The third kappa shape index (κ3) is 2.27. The van der Waals surface area contributed by atoms with E-state index >= 15 is 0 Å². The maximum Gasteiger partial charge on any atom is 0.224 e. The van der Waals surface area contributed by atoms with Crippen LogP contribution in [-0.4, -0.2) is 35.3 Å². The first-order valence-electron chi connectivity index (χ1n) is 6.71. The van der Waals surface area contributed by atoms with E-state index in [4.69, 9.17) is 4.74 Å². The van der Waals surface area contributed by atoms with Crippen LogP contribution in [0, 0.1) is 0 Å². The lowest BCUT2D eigenvalue weighted by Gasteiger charge is -2.21. The van der Waals surface area contributed by atoms with Gasteiger partial charge < -0.3 is 15.4 Å². The van der Waals surface area contributed by atoms with Crippen molar-refractivity contribution in [1.29, 1.82) is 0 Å². The molecule has 1 aromatic heterocycles. The summed E-state index contributed by atoms with van der Waals surface area (Å²) in [5, 5.41) is 6.40. The monoisotopic (exact) mass is 248 g/mol. The summed E-state index contributed by atoms with van der Waals surface area (Å²) in [4.78, 5) is 8.63. The molecule has 0 radical (unpaired) electrons. The fraction of sp³-hybridized carbons (Fsp3) is 0.692. The second-order valence-corrected chi connectivity index (χ2v) is 5.26. The van der Waals surface area contributed by atoms with Crippen molar-refractivity contribution < 1.29 is 4.74 Å². The minimum absolute atomic E-state index is 0.151. The van der Waals surface area contributed by atoms with Crippen molar-refractivity contribution >= 4 is 11.8 Å². The lowest BCUT2D eigenvalue weighted by atomic mass is 9.96. The normalized spacial score (nSPS) is 25.5. The Morgan fingerprint density at radius 1 is 1.39 bits per heavy atom. The van der Waals surface area contributed by atoms with Gasteiger partial charge in [-0.15, -0.1) is 0 Å². The molecule has 1 aliphatic carbocycles. The van der Waals surface area contributed by atoms with Crippen LogP contribution in [0.15, 0.2) is 12.3 Å². The van der Waals surface area contributed by atoms with Gasteiger partial charge in [-0.25, -0.2) is 4.98 Å². The number of anilines is 2. The van der Waals surface area contributed by atoms with Crippen LogP contribution < -0.4 is 10.6 Å². The summed E-state index contributed by atoms with van der Waals surface area (Å²) in [7, 11) is 1.86. The van der Waals surface area contributed by atoms with Crippen LogP contribution in [0.1, 0.15) is 32.1 Å². The smallest absolute Gasteiger partial charge is 0.224 e. The van der Waals surface area contributed by atoms with Crippen LogP contribution >= 0.6 is 0 Å². The molecule has 3 rings (SSSR count). The Labute approximate surface area is 107 Å². The first-order chi connectivity index (χ1) is 8.80. The first-order valence-corrected chi connectivity index (χ1v) is 6.71. The molecule has 1 saturated carbocycles. The van der Waals surface area contributed by atoms with Crippen LogP contribution in [0.2, 0.25) is 0 Å². The van der Waals surface area contributed by atoms with Gasteiger partial charge in [0.25, 0.3) is 0 Å². The van der Waals surface area contributed by atoms with Gasteiger partial charge in [0.05, 0.1) is 18.2 Å². The van der Waals surface area contributed by atoms with Gasteiger partial charge >= 0.3 is 0 Å². The summed E-state index contributed by atoms with van der Waals surface area (Å²) in [5.74, 6) is 1.52. The van der Waals surface area contributed by atoms with Gasteiger partial charge in [0, 0.05) is 13.2 Å². The predicted octanol–water partition coefficient (Wildman–Crippen LogP) is 2.03. The van der Waals surface area contributed by atoms with Crippen molar-refractivity contribution in [3.05, 3.63) is 12.3 Å². The van der Waals surface area contributed by atoms with E-state index in [0.717, 1.165) is 18.8 Å². The summed E-state index contributed by atoms with van der Waals surface area (Å²) in [6.07, 6.45) is 7.88. The van der Waals surface area contributed by atoms with Crippen LogP contribution in [0.5, 0.6) is 0 Å². The number of nitrogens with one attached hydrogen (secondary N) is 2. The number of rotatable bonds is 3. The molecular formula is C13H20N4O. The molecule has 1 aromatic rings. The number of hydrogen-bond acceptors (Lipinski definition) is 5. The fourth-order valence-electron chi connectivity index (χ4n) is 3.05. The Morgan fingerprint density at radius 3 is 3.00 bits per heavy atom. The second-order valence-electron chi connectivity index (χ2n) is 5.26. The maximum atomic E-state index is 6.01. The fourth-order valence-corrected chi connectivity index (χ4v) is 3.05. The first kappa shape index (κ1) is 11.7. The average molecular weight is 248 g/mol. The van der Waals surface area contributed by atoms with Gasteiger partial charge in [0.1, 0.15) is 5.82 Å². The van der Waals surface area contributed by atoms with Crippen molar-refractivity contribution in [2.75, 3.05) is 24.3 Å². The Balaban J connectivity index is 1.63. The van der Waals surface area contributed by atoms with Crippen LogP contribution in [0.4, 0.5) is 11.8 Å². The standard InChI is InChI=1S/C13H20N4O/c1-14-11-4-7-15-12(17-11)16-10-8-13(18-9-10)5-2-3-6-13/h4,7,10H,2-3,5-6,8-9H2,1H3,(H2,14,15,16,17)/t10-/m1/s1. The summed E-state index contributed by atoms with van der Waals surface area (Å²) in [6, 6.07) is 2.20. The van der Waals surface area contributed by atoms with E-state index in [1.54, 1.807) is 6.20 Å². The minimum atomic E-state index is 0.151. The number of ether oxygens (including phenoxy) is 1. The Kier molecular flexibility index (Phi) is 3.07. The highest BCUT2D eigenvalue weighted by Gasteiger charge is 2.42. The Morgan fingerprint density at radius 2 is 2.22 bits per heavy atom. The van der Waals surface area contributed by atoms with Crippen molar-refractivity contribution in [1.82, 2.24) is 9.97 Å². The molecule has 98 valence electrons. The molecule has 5 heteroatoms. The van der Waals surface area contributed by atoms with E-state index in [1.165, 1.54) is 25.7 Å². The molecular weight excluding hydrogens is 228 g/mol. The van der Waals surface area contributed by atoms with Crippen molar-refractivity contribution in [3.8, 4) is 0 Å². The summed E-state index contributed by atoms with van der Waals surface area (Å²) < 4.78 is 6.01. The van der Waals surface area contributed by atoms with Gasteiger partial charge in [0.15, 0.2) is 0 Å². The van der Waals surface area contributed by atoms with E-state index in [2.05, 4.69) is 20.6 Å². The summed E-state index contributed by atoms with van der Waals surface area (Å²) >= 11 is 0. The molecule has 2 heterocycles. The Hall–Kier alpha value is -1.36. The third-order valence-corrected chi connectivity index (χ3v) is 3.97. The number of aromatic nitrogens is 2. The molecule has 1 spiro atoms. The van der Waals surface area contributed by atoms with Crippen LogP contribution in [-0.2, 0) is 4.74 Å². The molecule has 18 heavy (non-hydrogen) atoms. The molecule has 1 saturated heterocycles. The molecule has 1 aliphatic heterocycles. The molecule has 0 aromatic carbocycles. The lowest BCUT2D eigenvalue weighted by Crippen LogP contribution is -2.26. The predicted molar refractivity (Wildman–Crippen MR) is 70.8 cm³/mol. The van der Waals surface area contributed by atoms with Crippen molar-refractivity contribution in [2.45, 2.75) is 43.7 Å². The maximum absolute atomic E-state index is 6.01. The molecule has 0 amide bonds. The summed E-state index contributed by atoms with van der Waals surface area (Å²) in [5.41, 5.74) is 0.151. The van der Waals surface area contributed by atoms with Crippen LogP contribution in [0.25, 0.3) is 0 Å². The van der Waals surface area contributed by atoms with Gasteiger partial charge in [-0.05, 0) is 25.3 Å². The quantitative estimate of drug-likeness (QED) is 0.857. The van der Waals surface area contributed by atoms with Gasteiger partial charge in [-0.3, -0.25) is 0 Å². The molecule has 2 N–H and O–H groups in total. The van der Waals surface area contributed by atoms with E-state index in [9.17, 15) is 0 Å². The second kappa shape index (κ2) is 4.72. The van der Waals surface area contributed by atoms with Crippen molar-refractivity contribution in [3.63, 3.8) is 0 Å². The number of hydrogen-bond donors (Lipinski definition) is 2. The van der Waals surface area contributed by atoms with Gasteiger partial charge in [-0.2, -0.15) is 4.98 Å². The molecule has 0 unspecified atom stereocenters. The van der Waals surface area contributed by atoms with E-state index in [1.807, 2.05) is 13.1 Å². The molecule has 5 nitrogen and oxygen atoms in total. The Bertz CT molecular complexity index is 417. The van der Waals surface area contributed by atoms with E-state index in [0.29, 0.717) is 12.0 Å². The van der Waals surface area contributed by atoms with Gasteiger partial charge in [0.2, 0.25) is 5.95 Å². The average Bonchev–Trinajstić information content (AvgIpc) is 3.01. The zero-order valence-corrected chi connectivity index (χ0v) is 10.8. The molecule has 1 atom stereocenters. The number of nitrogens with zero attached hydrogens (tertiary/aromatic N) is 2. The largest absolute Gasteiger partial charge is 0.373 e.